The zero-order valence-electron chi connectivity index (χ0n) is 8.59. The first-order valence-electron chi connectivity index (χ1n) is 4.62. The number of sulfonamides is 1. The first-order chi connectivity index (χ1) is 7.06. The molecule has 1 aromatic heterocycles. The lowest BCUT2D eigenvalue weighted by molar-refractivity contribution is 0.294. The molecule has 1 aromatic rings. The summed E-state index contributed by atoms with van der Waals surface area (Å²) in [6, 6.07) is 1.72. The van der Waals surface area contributed by atoms with Gasteiger partial charge in [0, 0.05) is 25.8 Å². The van der Waals surface area contributed by atoms with E-state index in [1.165, 1.54) is 23.9 Å². The van der Waals surface area contributed by atoms with E-state index in [9.17, 15) is 8.42 Å². The van der Waals surface area contributed by atoms with Crippen molar-refractivity contribution in [3.63, 3.8) is 0 Å². The molecule has 0 aliphatic carbocycles. The van der Waals surface area contributed by atoms with Gasteiger partial charge >= 0.3 is 0 Å². The minimum absolute atomic E-state index is 0.0299. The highest BCUT2D eigenvalue weighted by Crippen LogP contribution is 2.08. The Morgan fingerprint density at radius 2 is 2.27 bits per heavy atom. The SMILES string of the molecule is CN(Cc1ccoc1)S(=O)(=O)CCCO. The van der Waals surface area contributed by atoms with Crippen LogP contribution < -0.4 is 0 Å². The predicted octanol–water partition coefficient (Wildman–Crippen LogP) is 0.424. The molecule has 0 radical (unpaired) electrons. The van der Waals surface area contributed by atoms with Crippen molar-refractivity contribution in [2.45, 2.75) is 13.0 Å². The van der Waals surface area contributed by atoms with E-state index in [1.807, 2.05) is 0 Å². The van der Waals surface area contributed by atoms with Gasteiger partial charge in [-0.3, -0.25) is 0 Å². The van der Waals surface area contributed by atoms with Crippen molar-refractivity contribution >= 4 is 10.0 Å². The summed E-state index contributed by atoms with van der Waals surface area (Å²) in [5, 5.41) is 8.57. The molecule has 15 heavy (non-hydrogen) atoms. The monoisotopic (exact) mass is 233 g/mol. The molecule has 0 bridgehead atoms. The Bertz CT molecular complexity index is 371. The van der Waals surface area contributed by atoms with Gasteiger partial charge in [0.2, 0.25) is 10.0 Å². The third-order valence-corrected chi connectivity index (χ3v) is 3.90. The topological polar surface area (TPSA) is 70.8 Å². The van der Waals surface area contributed by atoms with Crippen molar-refractivity contribution in [2.24, 2.45) is 0 Å². The molecule has 86 valence electrons. The highest BCUT2D eigenvalue weighted by Gasteiger charge is 2.17. The molecule has 0 amide bonds. The minimum atomic E-state index is -3.27. The highest BCUT2D eigenvalue weighted by molar-refractivity contribution is 7.89. The van der Waals surface area contributed by atoms with Crippen LogP contribution in [0.3, 0.4) is 0 Å². The van der Waals surface area contributed by atoms with Crippen LogP contribution in [0.2, 0.25) is 0 Å². The zero-order valence-corrected chi connectivity index (χ0v) is 9.40. The van der Waals surface area contributed by atoms with Gasteiger partial charge in [0.05, 0.1) is 18.3 Å². The van der Waals surface area contributed by atoms with E-state index < -0.39 is 10.0 Å². The van der Waals surface area contributed by atoms with Crippen LogP contribution >= 0.6 is 0 Å². The van der Waals surface area contributed by atoms with Crippen LogP contribution in [0.5, 0.6) is 0 Å². The molecule has 0 atom stereocenters. The van der Waals surface area contributed by atoms with Gasteiger partial charge in [-0.15, -0.1) is 0 Å². The normalized spacial score (nSPS) is 12.2. The fourth-order valence-electron chi connectivity index (χ4n) is 1.14. The van der Waals surface area contributed by atoms with Gasteiger partial charge in [0.15, 0.2) is 0 Å². The molecule has 0 unspecified atom stereocenters. The Kier molecular flexibility index (Phi) is 4.31. The van der Waals surface area contributed by atoms with Crippen LogP contribution in [0.4, 0.5) is 0 Å². The molecule has 0 saturated carbocycles. The maximum absolute atomic E-state index is 11.6. The first-order valence-corrected chi connectivity index (χ1v) is 6.23. The summed E-state index contributed by atoms with van der Waals surface area (Å²) in [5.74, 6) is -0.0299. The van der Waals surface area contributed by atoms with E-state index in [0.717, 1.165) is 5.56 Å². The highest BCUT2D eigenvalue weighted by atomic mass is 32.2. The van der Waals surface area contributed by atoms with Gasteiger partial charge < -0.3 is 9.52 Å². The van der Waals surface area contributed by atoms with E-state index in [0.29, 0.717) is 6.54 Å². The third-order valence-electron chi connectivity index (χ3n) is 2.02. The van der Waals surface area contributed by atoms with Crippen LogP contribution in [0.15, 0.2) is 23.0 Å². The van der Waals surface area contributed by atoms with Gasteiger partial charge in [-0.25, -0.2) is 12.7 Å². The average molecular weight is 233 g/mol. The number of hydrogen-bond donors (Lipinski definition) is 1. The molecule has 0 aliphatic rings. The fraction of sp³-hybridized carbons (Fsp3) is 0.556. The lowest BCUT2D eigenvalue weighted by atomic mass is 10.3. The van der Waals surface area contributed by atoms with E-state index in [1.54, 1.807) is 6.07 Å². The smallest absolute Gasteiger partial charge is 0.214 e. The molecule has 1 rings (SSSR count). The van der Waals surface area contributed by atoms with E-state index in [2.05, 4.69) is 0 Å². The summed E-state index contributed by atoms with van der Waals surface area (Å²) < 4.78 is 29.3. The summed E-state index contributed by atoms with van der Waals surface area (Å²) >= 11 is 0. The summed E-state index contributed by atoms with van der Waals surface area (Å²) in [7, 11) is -1.75. The lowest BCUT2D eigenvalue weighted by Gasteiger charge is -2.15. The summed E-state index contributed by atoms with van der Waals surface area (Å²) in [4.78, 5) is 0. The largest absolute Gasteiger partial charge is 0.472 e. The summed E-state index contributed by atoms with van der Waals surface area (Å²) in [6.45, 7) is 0.184. The maximum Gasteiger partial charge on any atom is 0.214 e. The molecule has 0 saturated heterocycles. The number of hydrogen-bond acceptors (Lipinski definition) is 4. The quantitative estimate of drug-likeness (QED) is 0.773. The second-order valence-electron chi connectivity index (χ2n) is 3.28. The van der Waals surface area contributed by atoms with Crippen molar-refractivity contribution in [1.29, 1.82) is 0 Å². The standard InChI is InChI=1S/C9H15NO4S/c1-10(7-9-3-5-14-8-9)15(12,13)6-2-4-11/h3,5,8,11H,2,4,6-7H2,1H3. The van der Waals surface area contributed by atoms with Gasteiger partial charge in [-0.2, -0.15) is 0 Å². The van der Waals surface area contributed by atoms with Gasteiger partial charge in [0.1, 0.15) is 0 Å². The van der Waals surface area contributed by atoms with Crippen molar-refractivity contribution < 1.29 is 17.9 Å². The van der Waals surface area contributed by atoms with Gasteiger partial charge in [-0.05, 0) is 12.5 Å². The van der Waals surface area contributed by atoms with E-state index >= 15 is 0 Å². The van der Waals surface area contributed by atoms with Crippen LogP contribution in [0.25, 0.3) is 0 Å². The molecule has 6 heteroatoms. The van der Waals surface area contributed by atoms with Crippen molar-refractivity contribution in [2.75, 3.05) is 19.4 Å². The second kappa shape index (κ2) is 5.29. The molecule has 1 N–H and O–H groups in total. The zero-order chi connectivity index (χ0) is 11.3. The Labute approximate surface area is 89.4 Å². The van der Waals surface area contributed by atoms with Crippen molar-refractivity contribution in [3.8, 4) is 0 Å². The molecule has 0 fully saturated rings. The van der Waals surface area contributed by atoms with E-state index in [4.69, 9.17) is 9.52 Å². The van der Waals surface area contributed by atoms with Gasteiger partial charge in [0.25, 0.3) is 0 Å². The predicted molar refractivity (Wildman–Crippen MR) is 55.7 cm³/mol. The number of furan rings is 1. The number of aliphatic hydroxyl groups excluding tert-OH is 1. The molecule has 5 nitrogen and oxygen atoms in total. The molecule has 0 aliphatic heterocycles. The molecular formula is C9H15NO4S. The van der Waals surface area contributed by atoms with E-state index in [-0.39, 0.29) is 18.8 Å². The molecule has 0 spiro atoms. The summed E-state index contributed by atoms with van der Waals surface area (Å²) in [6.07, 6.45) is 3.28. The number of nitrogens with zero attached hydrogens (tertiary/aromatic N) is 1. The van der Waals surface area contributed by atoms with Crippen LogP contribution in [-0.2, 0) is 16.6 Å². The Hall–Kier alpha value is -0.850. The summed E-state index contributed by atoms with van der Waals surface area (Å²) in [5.41, 5.74) is 0.810. The number of aliphatic hydroxyl groups is 1. The lowest BCUT2D eigenvalue weighted by Crippen LogP contribution is -2.29. The Morgan fingerprint density at radius 1 is 1.53 bits per heavy atom. The number of rotatable bonds is 6. The molecular weight excluding hydrogens is 218 g/mol. The molecule has 0 aromatic carbocycles. The fourth-order valence-corrected chi connectivity index (χ4v) is 2.29. The maximum atomic E-state index is 11.6. The average Bonchev–Trinajstić information content (AvgIpc) is 2.67. The Morgan fingerprint density at radius 3 is 2.80 bits per heavy atom. The van der Waals surface area contributed by atoms with Crippen LogP contribution in [0.1, 0.15) is 12.0 Å². The molecule has 1 heterocycles. The van der Waals surface area contributed by atoms with Crippen molar-refractivity contribution in [1.82, 2.24) is 4.31 Å². The van der Waals surface area contributed by atoms with Crippen LogP contribution in [-0.4, -0.2) is 37.2 Å². The van der Waals surface area contributed by atoms with Crippen molar-refractivity contribution in [3.05, 3.63) is 24.2 Å². The Balaban J connectivity index is 2.56. The minimum Gasteiger partial charge on any atom is -0.472 e. The first kappa shape index (κ1) is 12.2. The van der Waals surface area contributed by atoms with Crippen LogP contribution in [0, 0.1) is 0 Å². The van der Waals surface area contributed by atoms with Gasteiger partial charge in [-0.1, -0.05) is 0 Å². The third kappa shape index (κ3) is 3.65. The second-order valence-corrected chi connectivity index (χ2v) is 5.48.